The minimum absolute atomic E-state index is 0.0198. The molecular formula is C26H30BrNO4. The summed E-state index contributed by atoms with van der Waals surface area (Å²) < 4.78 is 13.1. The summed E-state index contributed by atoms with van der Waals surface area (Å²) in [6, 6.07) is 16.0. The summed E-state index contributed by atoms with van der Waals surface area (Å²) in [5.41, 5.74) is 2.98. The molecule has 1 amide bonds. The van der Waals surface area contributed by atoms with Gasteiger partial charge in [-0.1, -0.05) is 71.6 Å². The third-order valence-electron chi connectivity index (χ3n) is 6.16. The zero-order valence-electron chi connectivity index (χ0n) is 18.1. The van der Waals surface area contributed by atoms with Crippen molar-refractivity contribution < 1.29 is 19.4 Å². The Hall–Kier alpha value is -2.15. The van der Waals surface area contributed by atoms with Crippen molar-refractivity contribution >= 4 is 21.8 Å². The number of ether oxygens (including phenoxy) is 2. The van der Waals surface area contributed by atoms with E-state index in [9.17, 15) is 9.90 Å². The summed E-state index contributed by atoms with van der Waals surface area (Å²) in [4.78, 5) is 13.0. The molecule has 0 saturated heterocycles. The lowest BCUT2D eigenvalue weighted by atomic mass is 9.92. The van der Waals surface area contributed by atoms with Crippen LogP contribution >= 0.6 is 15.9 Å². The molecule has 0 aromatic heterocycles. The molecule has 170 valence electrons. The fraction of sp³-hybridized carbons (Fsp3) is 0.423. The van der Waals surface area contributed by atoms with E-state index in [2.05, 4.69) is 33.4 Å². The zero-order chi connectivity index (χ0) is 22.3. The van der Waals surface area contributed by atoms with E-state index >= 15 is 0 Å². The highest BCUT2D eigenvalue weighted by Crippen LogP contribution is 2.33. The monoisotopic (exact) mass is 499 g/mol. The summed E-state index contributed by atoms with van der Waals surface area (Å²) in [5.74, 6) is 0.223. The van der Waals surface area contributed by atoms with Gasteiger partial charge in [-0.05, 0) is 47.7 Å². The Kier molecular flexibility index (Phi) is 8.00. The van der Waals surface area contributed by atoms with E-state index < -0.39 is 6.29 Å². The molecule has 0 unspecified atom stereocenters. The number of halogens is 1. The molecule has 1 aliphatic carbocycles. The van der Waals surface area contributed by atoms with Gasteiger partial charge < -0.3 is 19.9 Å². The third kappa shape index (κ3) is 6.21. The maximum Gasteiger partial charge on any atom is 0.286 e. The van der Waals surface area contributed by atoms with Gasteiger partial charge >= 0.3 is 0 Å². The van der Waals surface area contributed by atoms with Gasteiger partial charge in [-0.25, -0.2) is 0 Å². The van der Waals surface area contributed by atoms with Crippen molar-refractivity contribution in [2.24, 2.45) is 0 Å². The van der Waals surface area contributed by atoms with Crippen LogP contribution < -0.4 is 5.32 Å². The third-order valence-corrected chi connectivity index (χ3v) is 6.69. The van der Waals surface area contributed by atoms with E-state index in [0.717, 1.165) is 46.8 Å². The van der Waals surface area contributed by atoms with Gasteiger partial charge in [0.2, 0.25) is 6.29 Å². The van der Waals surface area contributed by atoms with E-state index in [1.54, 1.807) is 0 Å². The lowest BCUT2D eigenvalue weighted by Crippen LogP contribution is -2.39. The van der Waals surface area contributed by atoms with Crippen molar-refractivity contribution in [1.82, 2.24) is 5.32 Å². The molecule has 1 aliphatic heterocycles. The molecule has 0 bridgehead atoms. The fourth-order valence-corrected chi connectivity index (χ4v) is 4.56. The van der Waals surface area contributed by atoms with Crippen LogP contribution in [0.15, 0.2) is 64.8 Å². The van der Waals surface area contributed by atoms with Crippen LogP contribution in [0, 0.1) is 0 Å². The maximum atomic E-state index is 13.0. The molecule has 6 heteroatoms. The Balaban J connectivity index is 1.46. The van der Waals surface area contributed by atoms with Crippen molar-refractivity contribution in [2.75, 3.05) is 0 Å². The molecule has 4 rings (SSSR count). The van der Waals surface area contributed by atoms with Gasteiger partial charge in [0.15, 0.2) is 5.76 Å². The smallest absolute Gasteiger partial charge is 0.286 e. The van der Waals surface area contributed by atoms with Crippen LogP contribution in [0.4, 0.5) is 0 Å². The van der Waals surface area contributed by atoms with Gasteiger partial charge in [-0.15, -0.1) is 0 Å². The van der Waals surface area contributed by atoms with E-state index in [0.29, 0.717) is 18.8 Å². The predicted octanol–water partition coefficient (Wildman–Crippen LogP) is 5.32. The van der Waals surface area contributed by atoms with Gasteiger partial charge in [0, 0.05) is 22.9 Å². The fourth-order valence-electron chi connectivity index (χ4n) is 4.29. The van der Waals surface area contributed by atoms with Crippen LogP contribution in [0.1, 0.15) is 61.1 Å². The second-order valence-electron chi connectivity index (χ2n) is 8.57. The zero-order valence-corrected chi connectivity index (χ0v) is 19.7. The van der Waals surface area contributed by atoms with Crippen molar-refractivity contribution in [3.8, 4) is 0 Å². The number of rotatable bonds is 7. The van der Waals surface area contributed by atoms with E-state index in [4.69, 9.17) is 9.47 Å². The summed E-state index contributed by atoms with van der Waals surface area (Å²) in [6.45, 7) is 0.396. The van der Waals surface area contributed by atoms with Gasteiger partial charge in [0.05, 0.1) is 13.2 Å². The molecular weight excluding hydrogens is 470 g/mol. The number of allylic oxidation sites excluding steroid dienone is 1. The molecule has 5 nitrogen and oxygen atoms in total. The lowest BCUT2D eigenvalue weighted by Gasteiger charge is -2.30. The average molecular weight is 500 g/mol. The highest BCUT2D eigenvalue weighted by Gasteiger charge is 2.30. The molecule has 2 aromatic rings. The van der Waals surface area contributed by atoms with Gasteiger partial charge in [0.25, 0.3) is 5.91 Å². The first-order chi connectivity index (χ1) is 15.6. The summed E-state index contributed by atoms with van der Waals surface area (Å²) in [7, 11) is 0. The number of aliphatic hydroxyl groups excluding tert-OH is 1. The second kappa shape index (κ2) is 11.1. The van der Waals surface area contributed by atoms with Crippen LogP contribution in [0.25, 0.3) is 0 Å². The summed E-state index contributed by atoms with van der Waals surface area (Å²) in [5, 5.41) is 12.4. The van der Waals surface area contributed by atoms with Crippen molar-refractivity contribution in [1.29, 1.82) is 0 Å². The molecule has 2 N–H and O–H groups in total. The molecule has 2 aliphatic rings. The van der Waals surface area contributed by atoms with Crippen LogP contribution in [-0.4, -0.2) is 23.3 Å². The second-order valence-corrected chi connectivity index (χ2v) is 9.48. The van der Waals surface area contributed by atoms with Gasteiger partial charge in [-0.2, -0.15) is 0 Å². The minimum Gasteiger partial charge on any atom is -0.459 e. The Morgan fingerprint density at radius 3 is 2.41 bits per heavy atom. The maximum absolute atomic E-state index is 13.0. The number of benzene rings is 2. The first-order valence-corrected chi connectivity index (χ1v) is 12.1. The van der Waals surface area contributed by atoms with Crippen molar-refractivity contribution in [3.05, 3.63) is 81.5 Å². The summed E-state index contributed by atoms with van der Waals surface area (Å²) >= 11 is 3.49. The van der Waals surface area contributed by atoms with Crippen LogP contribution in [0.2, 0.25) is 0 Å². The molecule has 32 heavy (non-hydrogen) atoms. The van der Waals surface area contributed by atoms with Crippen LogP contribution in [-0.2, 0) is 27.5 Å². The van der Waals surface area contributed by atoms with E-state index in [1.165, 1.54) is 6.42 Å². The first kappa shape index (κ1) is 23.0. The standard InChI is InChI=1S/C26H30BrNO4/c27-22-12-10-20(11-13-22)21-14-24(26(30)28-23-4-2-1-3-5-23)32-25(15-21)31-17-19-8-6-18(16-29)7-9-19/h6-14,21,23,25,29H,1-5,15-17H2,(H,28,30)/t21-,25+/m1/s1. The Morgan fingerprint density at radius 2 is 1.72 bits per heavy atom. The number of hydrogen-bond donors (Lipinski definition) is 2. The van der Waals surface area contributed by atoms with E-state index in [1.807, 2.05) is 42.5 Å². The first-order valence-electron chi connectivity index (χ1n) is 11.4. The molecule has 1 saturated carbocycles. The largest absolute Gasteiger partial charge is 0.459 e. The number of aliphatic hydroxyl groups is 1. The Bertz CT molecular complexity index is 920. The number of nitrogens with one attached hydrogen (secondary N) is 1. The number of carbonyl (C=O) groups is 1. The van der Waals surface area contributed by atoms with Crippen LogP contribution in [0.3, 0.4) is 0 Å². The van der Waals surface area contributed by atoms with Gasteiger partial charge in [-0.3, -0.25) is 4.79 Å². The molecule has 1 fully saturated rings. The number of carbonyl (C=O) groups excluding carboxylic acids is 1. The van der Waals surface area contributed by atoms with Crippen molar-refractivity contribution in [3.63, 3.8) is 0 Å². The predicted molar refractivity (Wildman–Crippen MR) is 127 cm³/mol. The topological polar surface area (TPSA) is 67.8 Å². The number of amides is 1. The molecule has 2 atom stereocenters. The van der Waals surface area contributed by atoms with E-state index in [-0.39, 0.29) is 24.5 Å². The van der Waals surface area contributed by atoms with Crippen LogP contribution in [0.5, 0.6) is 0 Å². The molecule has 1 heterocycles. The summed E-state index contributed by atoms with van der Waals surface area (Å²) in [6.07, 6.45) is 7.66. The number of hydrogen-bond acceptors (Lipinski definition) is 4. The normalized spacial score (nSPS) is 21.5. The van der Waals surface area contributed by atoms with Crippen molar-refractivity contribution in [2.45, 2.75) is 70.0 Å². The highest BCUT2D eigenvalue weighted by atomic mass is 79.9. The lowest BCUT2D eigenvalue weighted by molar-refractivity contribution is -0.150. The van der Waals surface area contributed by atoms with Gasteiger partial charge in [0.1, 0.15) is 0 Å². The Morgan fingerprint density at radius 1 is 1.03 bits per heavy atom. The molecule has 2 aromatic carbocycles. The SMILES string of the molecule is O=C(NC1CCCCC1)C1=C[C@@H](c2ccc(Br)cc2)C[C@@H](OCc2ccc(CO)cc2)O1. The Labute approximate surface area is 197 Å². The molecule has 0 radical (unpaired) electrons. The minimum atomic E-state index is -0.515. The quantitative estimate of drug-likeness (QED) is 0.540. The molecule has 0 spiro atoms. The highest BCUT2D eigenvalue weighted by molar-refractivity contribution is 9.10. The average Bonchev–Trinajstić information content (AvgIpc) is 2.84.